The van der Waals surface area contributed by atoms with Gasteiger partial charge in [-0.15, -0.1) is 11.3 Å². The van der Waals surface area contributed by atoms with Gasteiger partial charge in [0.1, 0.15) is 10.7 Å². The normalized spacial score (nSPS) is 27.7. The van der Waals surface area contributed by atoms with E-state index in [4.69, 9.17) is 9.72 Å². The minimum Gasteiger partial charge on any atom is -0.372 e. The number of H-pyrrole nitrogens is 1. The first-order valence-corrected chi connectivity index (χ1v) is 9.90. The highest BCUT2D eigenvalue weighted by Crippen LogP contribution is 2.37. The molecule has 2 aliphatic carbocycles. The van der Waals surface area contributed by atoms with Crippen LogP contribution in [0, 0.1) is 5.92 Å². The van der Waals surface area contributed by atoms with Crippen molar-refractivity contribution < 1.29 is 4.74 Å². The van der Waals surface area contributed by atoms with Crippen LogP contribution in [0.4, 0.5) is 0 Å². The zero-order valence-corrected chi connectivity index (χ0v) is 14.8. The van der Waals surface area contributed by atoms with Crippen molar-refractivity contribution in [1.29, 1.82) is 0 Å². The second-order valence-corrected chi connectivity index (χ2v) is 8.65. The van der Waals surface area contributed by atoms with E-state index >= 15 is 0 Å². The molecule has 2 aromatic heterocycles. The molecular weight excluding hydrogens is 322 g/mol. The standard InChI is InChI=1S/C18H23N3O2S/c1-10-7-21(8-13(23-10)11-5-6-11)9-15-19-17(22)16-12-3-2-4-14(12)24-18(16)20-15/h10-11,13H,2-9H2,1H3,(H,19,20,22). The van der Waals surface area contributed by atoms with Gasteiger partial charge in [-0.1, -0.05) is 0 Å². The van der Waals surface area contributed by atoms with Crippen molar-refractivity contribution >= 4 is 21.6 Å². The van der Waals surface area contributed by atoms with Gasteiger partial charge in [-0.3, -0.25) is 9.69 Å². The van der Waals surface area contributed by atoms with Crippen LogP contribution >= 0.6 is 11.3 Å². The second-order valence-electron chi connectivity index (χ2n) is 7.57. The quantitative estimate of drug-likeness (QED) is 0.928. The van der Waals surface area contributed by atoms with E-state index in [9.17, 15) is 4.79 Å². The van der Waals surface area contributed by atoms with Crippen molar-refractivity contribution in [3.8, 4) is 0 Å². The molecule has 3 heterocycles. The highest BCUT2D eigenvalue weighted by Gasteiger charge is 2.37. The van der Waals surface area contributed by atoms with Crippen LogP contribution in [0.1, 0.15) is 42.5 Å². The zero-order chi connectivity index (χ0) is 16.3. The van der Waals surface area contributed by atoms with Gasteiger partial charge in [-0.25, -0.2) is 4.98 Å². The smallest absolute Gasteiger partial charge is 0.259 e. The summed E-state index contributed by atoms with van der Waals surface area (Å²) in [5.74, 6) is 1.54. The molecule has 0 bridgehead atoms. The third-order valence-corrected chi connectivity index (χ3v) is 6.69. The van der Waals surface area contributed by atoms with Gasteiger partial charge in [0.15, 0.2) is 0 Å². The number of morpholine rings is 1. The average Bonchev–Trinajstić information content (AvgIpc) is 3.18. The molecule has 0 radical (unpaired) electrons. The Kier molecular flexibility index (Phi) is 3.54. The summed E-state index contributed by atoms with van der Waals surface area (Å²) in [4.78, 5) is 25.1. The number of rotatable bonds is 3. The fraction of sp³-hybridized carbons (Fsp3) is 0.667. The summed E-state index contributed by atoms with van der Waals surface area (Å²) in [6.45, 7) is 4.72. The number of thiophene rings is 1. The Balaban J connectivity index is 1.41. The molecule has 6 heteroatoms. The van der Waals surface area contributed by atoms with Crippen LogP contribution in [-0.2, 0) is 24.1 Å². The third kappa shape index (κ3) is 2.61. The monoisotopic (exact) mass is 345 g/mol. The highest BCUT2D eigenvalue weighted by molar-refractivity contribution is 7.18. The number of ether oxygens (including phenoxy) is 1. The number of aromatic nitrogens is 2. The number of aromatic amines is 1. The van der Waals surface area contributed by atoms with E-state index in [1.165, 1.54) is 29.7 Å². The van der Waals surface area contributed by atoms with Crippen molar-refractivity contribution in [2.45, 2.75) is 57.8 Å². The predicted molar refractivity (Wildman–Crippen MR) is 94.6 cm³/mol. The summed E-state index contributed by atoms with van der Waals surface area (Å²) in [5.41, 5.74) is 1.30. The zero-order valence-electron chi connectivity index (χ0n) is 14.0. The Hall–Kier alpha value is -1.24. The first-order chi connectivity index (χ1) is 11.7. The van der Waals surface area contributed by atoms with Gasteiger partial charge in [0, 0.05) is 18.0 Å². The minimum atomic E-state index is 0.0504. The highest BCUT2D eigenvalue weighted by atomic mass is 32.1. The van der Waals surface area contributed by atoms with Gasteiger partial charge >= 0.3 is 0 Å². The topological polar surface area (TPSA) is 58.2 Å². The van der Waals surface area contributed by atoms with Crippen molar-refractivity contribution in [3.63, 3.8) is 0 Å². The first kappa shape index (κ1) is 15.0. The summed E-state index contributed by atoms with van der Waals surface area (Å²) in [5, 5.41) is 0.849. The summed E-state index contributed by atoms with van der Waals surface area (Å²) in [6.07, 6.45) is 6.52. The first-order valence-electron chi connectivity index (χ1n) is 9.08. The minimum absolute atomic E-state index is 0.0504. The molecule has 128 valence electrons. The largest absolute Gasteiger partial charge is 0.372 e. The Morgan fingerprint density at radius 2 is 2.21 bits per heavy atom. The molecule has 0 aromatic carbocycles. The molecule has 1 saturated heterocycles. The van der Waals surface area contributed by atoms with Gasteiger partial charge in [0.25, 0.3) is 5.56 Å². The Bertz CT molecular complexity index is 839. The molecule has 2 fully saturated rings. The lowest BCUT2D eigenvalue weighted by Crippen LogP contribution is -2.47. The molecule has 1 N–H and O–H groups in total. The molecule has 2 atom stereocenters. The van der Waals surface area contributed by atoms with Gasteiger partial charge in [-0.05, 0) is 50.5 Å². The van der Waals surface area contributed by atoms with Crippen molar-refractivity contribution in [2.24, 2.45) is 5.92 Å². The summed E-state index contributed by atoms with van der Waals surface area (Å²) < 4.78 is 6.08. The molecule has 2 unspecified atom stereocenters. The van der Waals surface area contributed by atoms with Crippen molar-refractivity contribution in [2.75, 3.05) is 13.1 Å². The van der Waals surface area contributed by atoms with E-state index in [0.29, 0.717) is 12.6 Å². The fourth-order valence-electron chi connectivity index (χ4n) is 4.27. The van der Waals surface area contributed by atoms with Crippen molar-refractivity contribution in [1.82, 2.24) is 14.9 Å². The molecule has 5 nitrogen and oxygen atoms in total. The number of nitrogens with zero attached hydrogens (tertiary/aromatic N) is 2. The van der Waals surface area contributed by atoms with E-state index in [2.05, 4.69) is 16.8 Å². The second kappa shape index (κ2) is 5.64. The summed E-state index contributed by atoms with van der Waals surface area (Å²) in [7, 11) is 0. The maximum atomic E-state index is 12.6. The lowest BCUT2D eigenvalue weighted by Gasteiger charge is -2.36. The molecule has 1 aliphatic heterocycles. The van der Waals surface area contributed by atoms with E-state index < -0.39 is 0 Å². The van der Waals surface area contributed by atoms with Crippen LogP contribution in [0.5, 0.6) is 0 Å². The number of nitrogens with one attached hydrogen (secondary N) is 1. The molecule has 1 saturated carbocycles. The van der Waals surface area contributed by atoms with Gasteiger partial charge in [0.05, 0.1) is 24.1 Å². The van der Waals surface area contributed by atoms with E-state index in [-0.39, 0.29) is 11.7 Å². The van der Waals surface area contributed by atoms with Crippen LogP contribution in [0.15, 0.2) is 4.79 Å². The Morgan fingerprint density at radius 1 is 1.33 bits per heavy atom. The van der Waals surface area contributed by atoms with Crippen LogP contribution in [0.2, 0.25) is 0 Å². The maximum Gasteiger partial charge on any atom is 0.259 e. The molecular formula is C18H23N3O2S. The average molecular weight is 345 g/mol. The van der Waals surface area contributed by atoms with Crippen LogP contribution in [0.25, 0.3) is 10.2 Å². The van der Waals surface area contributed by atoms with E-state index in [0.717, 1.165) is 47.9 Å². The maximum absolute atomic E-state index is 12.6. The molecule has 5 rings (SSSR count). The van der Waals surface area contributed by atoms with Gasteiger partial charge in [0.2, 0.25) is 0 Å². The fourth-order valence-corrected chi connectivity index (χ4v) is 5.55. The lowest BCUT2D eigenvalue weighted by atomic mass is 10.1. The number of hydrogen-bond donors (Lipinski definition) is 1. The van der Waals surface area contributed by atoms with Crippen LogP contribution in [-0.4, -0.2) is 40.2 Å². The van der Waals surface area contributed by atoms with Crippen LogP contribution in [0.3, 0.4) is 0 Å². The van der Waals surface area contributed by atoms with E-state index in [1.807, 2.05) is 0 Å². The van der Waals surface area contributed by atoms with E-state index in [1.54, 1.807) is 11.3 Å². The molecule has 3 aliphatic rings. The SMILES string of the molecule is CC1CN(Cc2nc3sc4c(c3c(=O)[nH]2)CCC4)CC(C2CC2)O1. The summed E-state index contributed by atoms with van der Waals surface area (Å²) in [6, 6.07) is 0. The molecule has 24 heavy (non-hydrogen) atoms. The molecule has 0 spiro atoms. The van der Waals surface area contributed by atoms with Crippen LogP contribution < -0.4 is 5.56 Å². The molecule has 0 amide bonds. The third-order valence-electron chi connectivity index (χ3n) is 5.51. The predicted octanol–water partition coefficient (Wildman–Crippen LogP) is 2.47. The molecule has 2 aromatic rings. The Labute approximate surface area is 145 Å². The number of hydrogen-bond acceptors (Lipinski definition) is 5. The Morgan fingerprint density at radius 3 is 3.04 bits per heavy atom. The van der Waals surface area contributed by atoms with Gasteiger partial charge in [-0.2, -0.15) is 0 Å². The number of aryl methyl sites for hydroxylation is 2. The van der Waals surface area contributed by atoms with Crippen molar-refractivity contribution in [3.05, 3.63) is 26.6 Å². The number of fused-ring (bicyclic) bond motifs is 3. The van der Waals surface area contributed by atoms with Gasteiger partial charge < -0.3 is 9.72 Å². The summed E-state index contributed by atoms with van der Waals surface area (Å²) >= 11 is 1.72. The lowest BCUT2D eigenvalue weighted by molar-refractivity contribution is -0.0886.